The minimum absolute atomic E-state index is 0.00348. The Kier molecular flexibility index (Phi) is 2.68. The summed E-state index contributed by atoms with van der Waals surface area (Å²) in [5.41, 5.74) is 0. The molecule has 2 saturated carbocycles. The Balaban J connectivity index is 1.61. The number of morpholine rings is 1. The molecule has 19 heavy (non-hydrogen) atoms. The number of amides is 1. The lowest BCUT2D eigenvalue weighted by Crippen LogP contribution is -2.49. The molecule has 0 aromatic heterocycles. The van der Waals surface area contributed by atoms with Crippen molar-refractivity contribution in [1.82, 2.24) is 4.90 Å². The normalized spacial score (nSPS) is 47.6. The standard InChI is InChI=1S/C13H16BrNO4/c14-10-6-5-7-9(13(17)19-11(7)10)8(6)12(16)15-1-3-18-4-2-15/h6-11H,1-5H2/t6-,7+,8+,9+,10-,11+/m0/s1. The maximum absolute atomic E-state index is 12.7. The third kappa shape index (κ3) is 1.56. The number of nitrogens with zero attached hydrogens (tertiary/aromatic N) is 1. The number of hydrogen-bond acceptors (Lipinski definition) is 4. The Labute approximate surface area is 119 Å². The van der Waals surface area contributed by atoms with E-state index in [0.717, 1.165) is 6.42 Å². The number of carbonyl (C=O) groups is 2. The second-order valence-electron chi connectivity index (χ2n) is 5.90. The van der Waals surface area contributed by atoms with E-state index in [-0.39, 0.29) is 46.5 Å². The first-order valence-corrected chi connectivity index (χ1v) is 7.81. The predicted octanol–water partition coefficient (Wildman–Crippen LogP) is 0.416. The third-order valence-corrected chi connectivity index (χ3v) is 6.33. The van der Waals surface area contributed by atoms with Gasteiger partial charge in [-0.3, -0.25) is 9.59 Å². The van der Waals surface area contributed by atoms with Crippen LogP contribution >= 0.6 is 15.9 Å². The van der Waals surface area contributed by atoms with Crippen molar-refractivity contribution in [3.63, 3.8) is 0 Å². The van der Waals surface area contributed by atoms with Crippen molar-refractivity contribution in [2.75, 3.05) is 26.3 Å². The van der Waals surface area contributed by atoms with Gasteiger partial charge in [0.25, 0.3) is 0 Å². The molecular weight excluding hydrogens is 314 g/mol. The van der Waals surface area contributed by atoms with Crippen LogP contribution in [0.3, 0.4) is 0 Å². The predicted molar refractivity (Wildman–Crippen MR) is 68.6 cm³/mol. The van der Waals surface area contributed by atoms with Crippen LogP contribution in [0.5, 0.6) is 0 Å². The first-order valence-electron chi connectivity index (χ1n) is 6.89. The molecule has 2 heterocycles. The van der Waals surface area contributed by atoms with Crippen LogP contribution in [0.25, 0.3) is 0 Å². The van der Waals surface area contributed by atoms with Gasteiger partial charge in [0.2, 0.25) is 5.91 Å². The van der Waals surface area contributed by atoms with Gasteiger partial charge in [0, 0.05) is 19.0 Å². The highest BCUT2D eigenvalue weighted by atomic mass is 79.9. The highest BCUT2D eigenvalue weighted by molar-refractivity contribution is 9.09. The molecule has 4 rings (SSSR count). The highest BCUT2D eigenvalue weighted by Crippen LogP contribution is 2.60. The van der Waals surface area contributed by atoms with Gasteiger partial charge in [0.15, 0.2) is 0 Å². The van der Waals surface area contributed by atoms with Gasteiger partial charge in [-0.05, 0) is 12.3 Å². The fraction of sp³-hybridized carbons (Fsp3) is 0.846. The SMILES string of the molecule is O=C1O[C@H]2[C@@H](Br)[C@H]3C[C@@H]2[C@@H]1[C@@H]3C(=O)N1CCOCC1. The van der Waals surface area contributed by atoms with Crippen molar-refractivity contribution in [2.45, 2.75) is 17.4 Å². The van der Waals surface area contributed by atoms with Crippen LogP contribution < -0.4 is 0 Å². The van der Waals surface area contributed by atoms with E-state index in [1.807, 2.05) is 4.90 Å². The van der Waals surface area contributed by atoms with E-state index < -0.39 is 0 Å². The summed E-state index contributed by atoms with van der Waals surface area (Å²) in [4.78, 5) is 26.7. The van der Waals surface area contributed by atoms with Crippen LogP contribution in [-0.4, -0.2) is 54.0 Å². The van der Waals surface area contributed by atoms with Gasteiger partial charge in [0.05, 0.1) is 29.9 Å². The molecule has 6 heteroatoms. The molecule has 4 fully saturated rings. The summed E-state index contributed by atoms with van der Waals surface area (Å²) in [5.74, 6) is 0.0881. The molecule has 0 unspecified atom stereocenters. The largest absolute Gasteiger partial charge is 0.461 e. The summed E-state index contributed by atoms with van der Waals surface area (Å²) in [6.45, 7) is 2.49. The van der Waals surface area contributed by atoms with Crippen molar-refractivity contribution in [2.24, 2.45) is 23.7 Å². The zero-order valence-corrected chi connectivity index (χ0v) is 12.0. The first kappa shape index (κ1) is 12.1. The van der Waals surface area contributed by atoms with E-state index in [2.05, 4.69) is 15.9 Å². The second-order valence-corrected chi connectivity index (χ2v) is 6.96. The van der Waals surface area contributed by atoms with E-state index in [1.54, 1.807) is 0 Å². The molecule has 0 aromatic carbocycles. The Bertz CT molecular complexity index is 436. The quantitative estimate of drug-likeness (QED) is 0.516. The maximum Gasteiger partial charge on any atom is 0.310 e. The van der Waals surface area contributed by atoms with Crippen molar-refractivity contribution in [3.8, 4) is 0 Å². The number of fused-ring (bicyclic) bond motifs is 1. The minimum Gasteiger partial charge on any atom is -0.461 e. The van der Waals surface area contributed by atoms with Gasteiger partial charge in [-0.2, -0.15) is 0 Å². The number of carbonyl (C=O) groups excluding carboxylic acids is 2. The van der Waals surface area contributed by atoms with Crippen LogP contribution in [0.1, 0.15) is 6.42 Å². The maximum atomic E-state index is 12.7. The number of hydrogen-bond donors (Lipinski definition) is 0. The summed E-state index contributed by atoms with van der Waals surface area (Å²) in [7, 11) is 0. The molecule has 5 nitrogen and oxygen atoms in total. The van der Waals surface area contributed by atoms with Gasteiger partial charge in [0.1, 0.15) is 6.10 Å². The van der Waals surface area contributed by atoms with Crippen molar-refractivity contribution in [1.29, 1.82) is 0 Å². The van der Waals surface area contributed by atoms with E-state index in [0.29, 0.717) is 26.3 Å². The average Bonchev–Trinajstić information content (AvgIpc) is 3.03. The Morgan fingerprint density at radius 1 is 1.26 bits per heavy atom. The minimum atomic E-state index is -0.195. The van der Waals surface area contributed by atoms with Crippen LogP contribution in [0.2, 0.25) is 0 Å². The van der Waals surface area contributed by atoms with Crippen molar-refractivity contribution < 1.29 is 19.1 Å². The Morgan fingerprint density at radius 3 is 2.74 bits per heavy atom. The van der Waals surface area contributed by atoms with Gasteiger partial charge < -0.3 is 14.4 Å². The molecule has 2 bridgehead atoms. The highest BCUT2D eigenvalue weighted by Gasteiger charge is 2.68. The monoisotopic (exact) mass is 329 g/mol. The average molecular weight is 330 g/mol. The van der Waals surface area contributed by atoms with Gasteiger partial charge in [-0.15, -0.1) is 0 Å². The summed E-state index contributed by atoms with van der Waals surface area (Å²) < 4.78 is 10.7. The summed E-state index contributed by atoms with van der Waals surface area (Å²) in [6.07, 6.45) is 0.939. The molecule has 2 saturated heterocycles. The van der Waals surface area contributed by atoms with Gasteiger partial charge in [-0.25, -0.2) is 0 Å². The summed E-state index contributed by atoms with van der Waals surface area (Å²) in [5, 5.41) is 0. The zero-order chi connectivity index (χ0) is 13.1. The lowest BCUT2D eigenvalue weighted by molar-refractivity contribution is -0.149. The molecule has 0 radical (unpaired) electrons. The molecule has 0 N–H and O–H groups in total. The van der Waals surface area contributed by atoms with Crippen LogP contribution in [0.15, 0.2) is 0 Å². The van der Waals surface area contributed by atoms with Crippen LogP contribution in [0, 0.1) is 23.7 Å². The van der Waals surface area contributed by atoms with E-state index in [1.165, 1.54) is 0 Å². The second kappa shape index (κ2) is 4.19. The third-order valence-electron chi connectivity index (χ3n) is 5.13. The van der Waals surface area contributed by atoms with E-state index in [4.69, 9.17) is 9.47 Å². The molecule has 0 aromatic rings. The smallest absolute Gasteiger partial charge is 0.310 e. The lowest BCUT2D eigenvalue weighted by Gasteiger charge is -2.34. The fourth-order valence-electron chi connectivity index (χ4n) is 4.30. The lowest BCUT2D eigenvalue weighted by atomic mass is 9.79. The van der Waals surface area contributed by atoms with Crippen molar-refractivity contribution >= 4 is 27.8 Å². The first-order chi connectivity index (χ1) is 9.18. The van der Waals surface area contributed by atoms with Crippen LogP contribution in [0.4, 0.5) is 0 Å². The summed E-state index contributed by atoms with van der Waals surface area (Å²) >= 11 is 3.64. The molecule has 2 aliphatic heterocycles. The molecule has 4 aliphatic rings. The van der Waals surface area contributed by atoms with E-state index in [9.17, 15) is 9.59 Å². The summed E-state index contributed by atoms with van der Waals surface area (Å²) in [6, 6.07) is 0. The molecule has 1 amide bonds. The molecule has 6 atom stereocenters. The fourth-order valence-corrected chi connectivity index (χ4v) is 5.35. The van der Waals surface area contributed by atoms with Gasteiger partial charge in [-0.1, -0.05) is 15.9 Å². The topological polar surface area (TPSA) is 55.8 Å². The Hall–Kier alpha value is -0.620. The number of esters is 1. The molecule has 104 valence electrons. The van der Waals surface area contributed by atoms with Crippen LogP contribution in [-0.2, 0) is 19.1 Å². The number of ether oxygens (including phenoxy) is 2. The zero-order valence-electron chi connectivity index (χ0n) is 10.5. The number of halogens is 1. The molecular formula is C13H16BrNO4. The number of alkyl halides is 1. The van der Waals surface area contributed by atoms with E-state index >= 15 is 0 Å². The molecule has 2 aliphatic carbocycles. The number of rotatable bonds is 1. The van der Waals surface area contributed by atoms with Crippen molar-refractivity contribution in [3.05, 3.63) is 0 Å². The van der Waals surface area contributed by atoms with Gasteiger partial charge >= 0.3 is 5.97 Å². The Morgan fingerprint density at radius 2 is 2.00 bits per heavy atom. The molecule has 0 spiro atoms.